The molecule has 2 rings (SSSR count). The second-order valence-electron chi connectivity index (χ2n) is 3.71. The van der Waals surface area contributed by atoms with Gasteiger partial charge in [-0.3, -0.25) is 10.1 Å². The number of hydrogen-bond acceptors (Lipinski definition) is 4. The molecule has 0 bridgehead atoms. The molecule has 0 spiro atoms. The topological polar surface area (TPSA) is 72.6 Å². The predicted octanol–water partition coefficient (Wildman–Crippen LogP) is 2.22. The molecule has 1 aliphatic carbocycles. The van der Waals surface area contributed by atoms with Crippen LogP contribution in [0.3, 0.4) is 0 Å². The van der Waals surface area contributed by atoms with Crippen LogP contribution in [0.2, 0.25) is 0 Å². The van der Waals surface area contributed by atoms with Gasteiger partial charge in [0.15, 0.2) is 0 Å². The van der Waals surface area contributed by atoms with Crippen LogP contribution < -0.4 is 0 Å². The number of nitro benzene ring substituents is 1. The monoisotopic (exact) mass is 206 g/mol. The summed E-state index contributed by atoms with van der Waals surface area (Å²) in [6.45, 7) is 0. The van der Waals surface area contributed by atoms with Crippen molar-refractivity contribution < 1.29 is 4.92 Å². The summed E-state index contributed by atoms with van der Waals surface area (Å²) in [5, 5.41) is 13.6. The molecule has 0 fully saturated rings. The van der Waals surface area contributed by atoms with Crippen molar-refractivity contribution in [2.75, 3.05) is 0 Å². The van der Waals surface area contributed by atoms with Crippen LogP contribution in [0.5, 0.6) is 0 Å². The Kier molecular flexibility index (Phi) is 2.45. The minimum Gasteiger partial charge on any atom is -0.258 e. The van der Waals surface area contributed by atoms with Gasteiger partial charge in [0.1, 0.15) is 0 Å². The number of nitroso groups, excluding NO2 is 1. The summed E-state index contributed by atoms with van der Waals surface area (Å²) in [6.07, 6.45) is 2.05. The van der Waals surface area contributed by atoms with E-state index in [0.717, 1.165) is 24.0 Å². The third-order valence-electron chi connectivity index (χ3n) is 2.75. The third kappa shape index (κ3) is 1.86. The number of nitro groups is 1. The number of aryl methyl sites for hydroxylation is 1. The van der Waals surface area contributed by atoms with Crippen molar-refractivity contribution in [3.8, 4) is 0 Å². The molecule has 5 nitrogen and oxygen atoms in total. The van der Waals surface area contributed by atoms with E-state index in [1.807, 2.05) is 0 Å². The molecule has 0 saturated heterocycles. The van der Waals surface area contributed by atoms with Crippen molar-refractivity contribution in [3.05, 3.63) is 44.3 Å². The number of benzene rings is 1. The Hall–Kier alpha value is -1.78. The van der Waals surface area contributed by atoms with Crippen molar-refractivity contribution in [2.45, 2.75) is 25.3 Å². The zero-order chi connectivity index (χ0) is 10.8. The van der Waals surface area contributed by atoms with Crippen molar-refractivity contribution >= 4 is 5.69 Å². The van der Waals surface area contributed by atoms with E-state index in [1.165, 1.54) is 6.07 Å². The molecule has 0 amide bonds. The zero-order valence-corrected chi connectivity index (χ0v) is 8.05. The van der Waals surface area contributed by atoms with Gasteiger partial charge in [-0.1, -0.05) is 11.2 Å². The summed E-state index contributed by atoms with van der Waals surface area (Å²) in [6, 6.07) is 4.61. The first-order valence-corrected chi connectivity index (χ1v) is 4.79. The lowest BCUT2D eigenvalue weighted by molar-refractivity contribution is -0.384. The molecule has 1 unspecified atom stereocenters. The van der Waals surface area contributed by atoms with Gasteiger partial charge in [0, 0.05) is 12.1 Å². The van der Waals surface area contributed by atoms with Crippen LogP contribution >= 0.6 is 0 Å². The lowest BCUT2D eigenvalue weighted by atomic mass is 9.88. The molecule has 15 heavy (non-hydrogen) atoms. The summed E-state index contributed by atoms with van der Waals surface area (Å²) in [7, 11) is 0. The number of hydrogen-bond donors (Lipinski definition) is 0. The molecule has 0 heterocycles. The SMILES string of the molecule is O=NC1CCc2ccc([N+](=O)[O-])cc2C1. The molecule has 1 aromatic carbocycles. The van der Waals surface area contributed by atoms with E-state index >= 15 is 0 Å². The third-order valence-corrected chi connectivity index (χ3v) is 2.75. The second-order valence-corrected chi connectivity index (χ2v) is 3.71. The van der Waals surface area contributed by atoms with Gasteiger partial charge in [-0.25, -0.2) is 0 Å². The van der Waals surface area contributed by atoms with Crippen LogP contribution in [0.25, 0.3) is 0 Å². The number of non-ortho nitro benzene ring substituents is 1. The van der Waals surface area contributed by atoms with E-state index in [-0.39, 0.29) is 11.7 Å². The van der Waals surface area contributed by atoms with Gasteiger partial charge >= 0.3 is 0 Å². The van der Waals surface area contributed by atoms with Gasteiger partial charge in [0.05, 0.1) is 11.0 Å². The quantitative estimate of drug-likeness (QED) is 0.423. The van der Waals surface area contributed by atoms with Crippen molar-refractivity contribution in [2.24, 2.45) is 5.18 Å². The Bertz CT molecular complexity index is 417. The van der Waals surface area contributed by atoms with Crippen LogP contribution in [0.1, 0.15) is 17.5 Å². The number of rotatable bonds is 2. The first kappa shape index (κ1) is 9.76. The Morgan fingerprint density at radius 2 is 2.20 bits per heavy atom. The van der Waals surface area contributed by atoms with E-state index < -0.39 is 4.92 Å². The lowest BCUT2D eigenvalue weighted by Gasteiger charge is -2.18. The van der Waals surface area contributed by atoms with Crippen molar-refractivity contribution in [1.82, 2.24) is 0 Å². The van der Waals surface area contributed by atoms with Gasteiger partial charge in [-0.15, -0.1) is 0 Å². The molecular formula is C10H10N2O3. The summed E-state index contributed by atoms with van der Waals surface area (Å²) in [5.41, 5.74) is 2.07. The Labute approximate surface area is 86.2 Å². The molecule has 1 atom stereocenters. The number of nitrogens with zero attached hydrogens (tertiary/aromatic N) is 2. The van der Waals surface area contributed by atoms with Crippen molar-refractivity contribution in [1.29, 1.82) is 0 Å². The van der Waals surface area contributed by atoms with E-state index in [9.17, 15) is 15.0 Å². The molecule has 0 radical (unpaired) electrons. The maximum atomic E-state index is 10.6. The Morgan fingerprint density at radius 1 is 1.40 bits per heavy atom. The van der Waals surface area contributed by atoms with Crippen LogP contribution in [0, 0.1) is 15.0 Å². The summed E-state index contributed by atoms with van der Waals surface area (Å²) >= 11 is 0. The molecule has 0 aromatic heterocycles. The summed E-state index contributed by atoms with van der Waals surface area (Å²) in [4.78, 5) is 20.5. The van der Waals surface area contributed by atoms with Gasteiger partial charge in [0.2, 0.25) is 0 Å². The average molecular weight is 206 g/mol. The maximum absolute atomic E-state index is 10.6. The largest absolute Gasteiger partial charge is 0.269 e. The first-order valence-electron chi connectivity index (χ1n) is 4.79. The molecule has 5 heteroatoms. The summed E-state index contributed by atoms with van der Waals surface area (Å²) < 4.78 is 0. The van der Waals surface area contributed by atoms with E-state index in [2.05, 4.69) is 5.18 Å². The standard InChI is InChI=1S/C10H10N2O3/c13-11-9-3-1-7-2-4-10(12(14)15)6-8(7)5-9/h2,4,6,9H,1,3,5H2. The van der Waals surface area contributed by atoms with Crippen LogP contribution in [-0.4, -0.2) is 11.0 Å². The highest BCUT2D eigenvalue weighted by Crippen LogP contribution is 2.26. The maximum Gasteiger partial charge on any atom is 0.269 e. The van der Waals surface area contributed by atoms with Crippen LogP contribution in [-0.2, 0) is 12.8 Å². The smallest absolute Gasteiger partial charge is 0.258 e. The fraction of sp³-hybridized carbons (Fsp3) is 0.400. The van der Waals surface area contributed by atoms with Crippen LogP contribution in [0.15, 0.2) is 23.4 Å². The van der Waals surface area contributed by atoms with Crippen LogP contribution in [0.4, 0.5) is 5.69 Å². The van der Waals surface area contributed by atoms with Gasteiger partial charge < -0.3 is 0 Å². The highest BCUT2D eigenvalue weighted by atomic mass is 16.6. The normalized spacial score (nSPS) is 19.3. The fourth-order valence-corrected chi connectivity index (χ4v) is 1.93. The second kappa shape index (κ2) is 3.76. The minimum atomic E-state index is -0.418. The zero-order valence-electron chi connectivity index (χ0n) is 8.05. The fourth-order valence-electron chi connectivity index (χ4n) is 1.93. The highest BCUT2D eigenvalue weighted by Gasteiger charge is 2.21. The molecule has 1 aromatic rings. The summed E-state index contributed by atoms with van der Waals surface area (Å²) in [5.74, 6) is 0. The predicted molar refractivity (Wildman–Crippen MR) is 54.7 cm³/mol. The van der Waals surface area contributed by atoms with E-state index in [4.69, 9.17) is 0 Å². The van der Waals surface area contributed by atoms with Gasteiger partial charge in [0.25, 0.3) is 5.69 Å². The number of fused-ring (bicyclic) bond motifs is 1. The average Bonchev–Trinajstić information content (AvgIpc) is 2.27. The molecule has 1 aliphatic rings. The Balaban J connectivity index is 2.34. The van der Waals surface area contributed by atoms with E-state index in [0.29, 0.717) is 6.42 Å². The molecule has 78 valence electrons. The minimum absolute atomic E-state index is 0.0836. The van der Waals surface area contributed by atoms with Gasteiger partial charge in [-0.2, -0.15) is 4.91 Å². The Morgan fingerprint density at radius 3 is 2.87 bits per heavy atom. The molecule has 0 N–H and O–H groups in total. The van der Waals surface area contributed by atoms with E-state index in [1.54, 1.807) is 12.1 Å². The highest BCUT2D eigenvalue weighted by molar-refractivity contribution is 5.41. The first-order chi connectivity index (χ1) is 7.20. The molecular weight excluding hydrogens is 196 g/mol. The lowest BCUT2D eigenvalue weighted by Crippen LogP contribution is -2.16. The van der Waals surface area contributed by atoms with Crippen molar-refractivity contribution in [3.63, 3.8) is 0 Å². The molecule has 0 aliphatic heterocycles. The van der Waals surface area contributed by atoms with Gasteiger partial charge in [-0.05, 0) is 30.4 Å². The molecule has 0 saturated carbocycles.